The van der Waals surface area contributed by atoms with E-state index < -0.39 is 0 Å². The summed E-state index contributed by atoms with van der Waals surface area (Å²) < 4.78 is 6.52. The topological polar surface area (TPSA) is 26.3 Å². The fraction of sp³-hybridized carbons (Fsp3) is 0.250. The van der Waals surface area contributed by atoms with Crippen molar-refractivity contribution in [2.75, 3.05) is 6.61 Å². The van der Waals surface area contributed by atoms with E-state index >= 15 is 0 Å². The molecular formula is C12H13BrO2. The summed E-state index contributed by atoms with van der Waals surface area (Å²) >= 11 is 3.38. The van der Waals surface area contributed by atoms with Gasteiger partial charge in [-0.15, -0.1) is 0 Å². The third-order valence-electron chi connectivity index (χ3n) is 1.79. The lowest BCUT2D eigenvalue weighted by Gasteiger charge is -2.08. The van der Waals surface area contributed by atoms with Gasteiger partial charge in [0, 0.05) is 10.0 Å². The predicted octanol–water partition coefficient (Wildman–Crippen LogP) is 3.45. The molecule has 0 N–H and O–H groups in total. The first-order valence-corrected chi connectivity index (χ1v) is 5.61. The van der Waals surface area contributed by atoms with Crippen LogP contribution in [0, 0.1) is 0 Å². The van der Waals surface area contributed by atoms with E-state index in [-0.39, 0.29) is 0 Å². The summed E-state index contributed by atoms with van der Waals surface area (Å²) in [6.45, 7) is 2.74. The number of halogens is 1. The Kier molecular flexibility index (Phi) is 5.12. The number of rotatable bonds is 5. The molecule has 0 spiro atoms. The van der Waals surface area contributed by atoms with Crippen molar-refractivity contribution in [1.82, 2.24) is 0 Å². The van der Waals surface area contributed by atoms with E-state index in [0.29, 0.717) is 6.61 Å². The molecule has 80 valence electrons. The van der Waals surface area contributed by atoms with Crippen molar-refractivity contribution in [1.29, 1.82) is 0 Å². The average molecular weight is 269 g/mol. The molecule has 0 radical (unpaired) electrons. The second-order valence-corrected chi connectivity index (χ2v) is 3.94. The van der Waals surface area contributed by atoms with Crippen LogP contribution in [0.15, 0.2) is 28.7 Å². The second-order valence-electron chi connectivity index (χ2n) is 3.03. The highest BCUT2D eigenvalue weighted by atomic mass is 79.9. The van der Waals surface area contributed by atoms with Gasteiger partial charge < -0.3 is 4.74 Å². The molecule has 1 rings (SSSR count). The van der Waals surface area contributed by atoms with E-state index in [1.807, 2.05) is 18.2 Å². The molecule has 0 aliphatic carbocycles. The van der Waals surface area contributed by atoms with E-state index in [0.717, 1.165) is 28.5 Å². The Bertz CT molecular complexity index is 359. The number of allylic oxidation sites excluding steroid dienone is 1. The van der Waals surface area contributed by atoms with E-state index in [1.54, 1.807) is 6.08 Å². The fourth-order valence-electron chi connectivity index (χ4n) is 1.14. The molecule has 3 heteroatoms. The van der Waals surface area contributed by atoms with Gasteiger partial charge in [-0.1, -0.05) is 22.9 Å². The molecular weight excluding hydrogens is 256 g/mol. The van der Waals surface area contributed by atoms with Crippen molar-refractivity contribution >= 4 is 28.3 Å². The van der Waals surface area contributed by atoms with Crippen molar-refractivity contribution in [3.05, 3.63) is 34.3 Å². The Hall–Kier alpha value is -1.09. The lowest BCUT2D eigenvalue weighted by atomic mass is 10.2. The number of benzene rings is 1. The zero-order valence-electron chi connectivity index (χ0n) is 8.57. The molecule has 2 nitrogen and oxygen atoms in total. The highest BCUT2D eigenvalue weighted by Gasteiger charge is 2.00. The van der Waals surface area contributed by atoms with Gasteiger partial charge in [-0.25, -0.2) is 0 Å². The van der Waals surface area contributed by atoms with Gasteiger partial charge in [0.05, 0.1) is 6.61 Å². The zero-order chi connectivity index (χ0) is 11.1. The van der Waals surface area contributed by atoms with E-state index in [4.69, 9.17) is 4.74 Å². The predicted molar refractivity (Wildman–Crippen MR) is 65.0 cm³/mol. The smallest absolute Gasteiger partial charge is 0.142 e. The van der Waals surface area contributed by atoms with Gasteiger partial charge in [0.2, 0.25) is 0 Å². The van der Waals surface area contributed by atoms with Crippen LogP contribution in [-0.4, -0.2) is 12.9 Å². The first kappa shape index (κ1) is 12.0. The Morgan fingerprint density at radius 3 is 2.93 bits per heavy atom. The van der Waals surface area contributed by atoms with Crippen LogP contribution in [0.3, 0.4) is 0 Å². The van der Waals surface area contributed by atoms with Gasteiger partial charge in [-0.3, -0.25) is 4.79 Å². The third kappa shape index (κ3) is 3.88. The average Bonchev–Trinajstić information content (AvgIpc) is 2.25. The number of carbonyl (C=O) groups excluding carboxylic acids is 1. The molecule has 0 aromatic heterocycles. The highest BCUT2D eigenvalue weighted by Crippen LogP contribution is 2.24. The molecule has 0 amide bonds. The number of hydrogen-bond donors (Lipinski definition) is 0. The summed E-state index contributed by atoms with van der Waals surface area (Å²) in [6.07, 6.45) is 4.92. The maximum Gasteiger partial charge on any atom is 0.142 e. The van der Waals surface area contributed by atoms with Gasteiger partial charge in [0.25, 0.3) is 0 Å². The molecule has 0 bridgehead atoms. The van der Waals surface area contributed by atoms with Crippen molar-refractivity contribution in [3.63, 3.8) is 0 Å². The highest BCUT2D eigenvalue weighted by molar-refractivity contribution is 9.10. The lowest BCUT2D eigenvalue weighted by molar-refractivity contribution is -0.104. The summed E-state index contributed by atoms with van der Waals surface area (Å²) in [6, 6.07) is 5.73. The molecule has 1 aromatic carbocycles. The normalized spacial score (nSPS) is 10.5. The summed E-state index contributed by atoms with van der Waals surface area (Å²) in [7, 11) is 0. The van der Waals surface area contributed by atoms with E-state index in [2.05, 4.69) is 22.9 Å². The molecule has 0 saturated heterocycles. The number of ether oxygens (including phenoxy) is 1. The van der Waals surface area contributed by atoms with Crippen molar-refractivity contribution in [3.8, 4) is 5.75 Å². The summed E-state index contributed by atoms with van der Waals surface area (Å²) in [5.74, 6) is 0.804. The summed E-state index contributed by atoms with van der Waals surface area (Å²) in [5, 5.41) is 0. The van der Waals surface area contributed by atoms with Crippen LogP contribution in [0.1, 0.15) is 18.9 Å². The van der Waals surface area contributed by atoms with E-state index in [1.165, 1.54) is 6.08 Å². The molecule has 0 aliphatic heterocycles. The van der Waals surface area contributed by atoms with Gasteiger partial charge in [0.15, 0.2) is 0 Å². The molecule has 0 unspecified atom stereocenters. The van der Waals surface area contributed by atoms with Gasteiger partial charge in [0.1, 0.15) is 12.0 Å². The summed E-state index contributed by atoms with van der Waals surface area (Å²) in [5.41, 5.74) is 0.907. The van der Waals surface area contributed by atoms with Crippen molar-refractivity contribution in [2.24, 2.45) is 0 Å². The Balaban J connectivity index is 2.91. The van der Waals surface area contributed by atoms with Crippen molar-refractivity contribution in [2.45, 2.75) is 13.3 Å². The molecule has 15 heavy (non-hydrogen) atoms. The van der Waals surface area contributed by atoms with Crippen LogP contribution < -0.4 is 4.74 Å². The number of aldehydes is 1. The van der Waals surface area contributed by atoms with Crippen LogP contribution >= 0.6 is 15.9 Å². The zero-order valence-corrected chi connectivity index (χ0v) is 10.2. The largest absolute Gasteiger partial charge is 0.493 e. The Labute approximate surface area is 98.1 Å². The molecule has 0 atom stereocenters. The minimum atomic E-state index is 0.684. The Morgan fingerprint density at radius 1 is 1.47 bits per heavy atom. The minimum Gasteiger partial charge on any atom is -0.493 e. The van der Waals surface area contributed by atoms with Crippen LogP contribution in [0.4, 0.5) is 0 Å². The fourth-order valence-corrected chi connectivity index (χ4v) is 1.51. The quantitative estimate of drug-likeness (QED) is 0.604. The molecule has 0 saturated carbocycles. The molecule has 0 fully saturated rings. The maximum atomic E-state index is 10.2. The first-order valence-electron chi connectivity index (χ1n) is 4.82. The second kappa shape index (κ2) is 6.40. The van der Waals surface area contributed by atoms with Crippen LogP contribution in [-0.2, 0) is 4.79 Å². The minimum absolute atomic E-state index is 0.684. The first-order chi connectivity index (χ1) is 7.27. The summed E-state index contributed by atoms with van der Waals surface area (Å²) in [4.78, 5) is 10.2. The van der Waals surface area contributed by atoms with Crippen molar-refractivity contribution < 1.29 is 9.53 Å². The van der Waals surface area contributed by atoms with Crippen LogP contribution in [0.5, 0.6) is 5.75 Å². The van der Waals surface area contributed by atoms with Gasteiger partial charge >= 0.3 is 0 Å². The molecule has 0 aliphatic rings. The monoisotopic (exact) mass is 268 g/mol. The lowest BCUT2D eigenvalue weighted by Crippen LogP contribution is -1.96. The van der Waals surface area contributed by atoms with Crippen LogP contribution in [0.2, 0.25) is 0 Å². The van der Waals surface area contributed by atoms with E-state index in [9.17, 15) is 4.79 Å². The molecule has 1 aromatic rings. The number of carbonyl (C=O) groups is 1. The van der Waals surface area contributed by atoms with Gasteiger partial charge in [-0.05, 0) is 36.8 Å². The van der Waals surface area contributed by atoms with Crippen LogP contribution in [0.25, 0.3) is 6.08 Å². The third-order valence-corrected chi connectivity index (χ3v) is 2.28. The Morgan fingerprint density at radius 2 is 2.27 bits per heavy atom. The molecule has 0 heterocycles. The number of hydrogen-bond acceptors (Lipinski definition) is 2. The standard InChI is InChI=1S/C12H13BrO2/c1-2-8-15-12-6-5-11(13)9-10(12)4-3-7-14/h3-7,9H,2,8H2,1H3. The SMILES string of the molecule is CCCOc1ccc(Br)cc1C=CC=O. The van der Waals surface area contributed by atoms with Gasteiger partial charge in [-0.2, -0.15) is 0 Å². The maximum absolute atomic E-state index is 10.2.